The quantitative estimate of drug-likeness (QED) is 0.371. The third-order valence-electron chi connectivity index (χ3n) is 0. The minimum Gasteiger partial charge on any atom is -0.784 e. The Kier molecular flexibility index (Phi) is 11.1. The summed E-state index contributed by atoms with van der Waals surface area (Å²) in [4.78, 5) is 0. The summed E-state index contributed by atoms with van der Waals surface area (Å²) in [6.07, 6.45) is 0. The van der Waals surface area contributed by atoms with E-state index in [1.165, 1.54) is 0 Å². The van der Waals surface area contributed by atoms with Gasteiger partial charge < -0.3 is 9.11 Å². The van der Waals surface area contributed by atoms with E-state index in [1.807, 2.05) is 0 Å². The van der Waals surface area contributed by atoms with E-state index >= 15 is 0 Å². The van der Waals surface area contributed by atoms with Crippen LogP contribution in [0.3, 0.4) is 0 Å². The maximum absolute atomic E-state index is 8.44. The van der Waals surface area contributed by atoms with Gasteiger partial charge in [0.1, 0.15) is 0 Å². The zero-order valence-electron chi connectivity index (χ0n) is 2.34. The van der Waals surface area contributed by atoms with Crippen molar-refractivity contribution in [2.75, 3.05) is 0 Å². The van der Waals surface area contributed by atoms with E-state index in [1.54, 1.807) is 0 Å². The summed E-state index contributed by atoms with van der Waals surface area (Å²) in [5.41, 5.74) is 0. The van der Waals surface area contributed by atoms with Gasteiger partial charge in [-0.15, -0.1) is 11.4 Å². The summed E-state index contributed by atoms with van der Waals surface area (Å²) in [6, 6.07) is 0. The van der Waals surface area contributed by atoms with Gasteiger partial charge in [-0.25, -0.2) is 0 Å². The maximum atomic E-state index is 8.44. The van der Waals surface area contributed by atoms with Gasteiger partial charge in [0.15, 0.2) is 0 Å². The first-order chi connectivity index (χ1) is 1.73. The van der Waals surface area contributed by atoms with E-state index in [9.17, 15) is 0 Å². The van der Waals surface area contributed by atoms with Crippen molar-refractivity contribution >= 4 is 60.2 Å². The fourth-order valence-corrected chi connectivity index (χ4v) is 0. The Morgan fingerprint density at radius 1 is 1.40 bits per heavy atom. The third kappa shape index (κ3) is 27.8. The van der Waals surface area contributed by atoms with Crippen LogP contribution < -0.4 is 0 Å². The molecule has 0 aromatic carbocycles. The van der Waals surface area contributed by atoms with E-state index in [-0.39, 0.29) is 48.9 Å². The Morgan fingerprint density at radius 3 is 1.40 bits per heavy atom. The molecule has 5 heavy (non-hydrogen) atoms. The van der Waals surface area contributed by atoms with Crippen molar-refractivity contribution in [3.8, 4) is 0 Å². The molecule has 0 heterocycles. The average Bonchev–Trinajstić information content (AvgIpc) is 0.811. The summed E-state index contributed by atoms with van der Waals surface area (Å²) >= 11 is -3.11. The molecule has 0 aliphatic carbocycles. The van der Waals surface area contributed by atoms with Crippen LogP contribution in [0.15, 0.2) is 0 Å². The molecule has 2 radical (unpaired) electrons. The van der Waals surface area contributed by atoms with E-state index < -0.39 is 11.4 Å². The first kappa shape index (κ1) is 9.81. The Bertz CT molecular complexity index is 29.9. The van der Waals surface area contributed by atoms with Gasteiger partial charge in [0.2, 0.25) is 0 Å². The number of rotatable bonds is 0. The van der Waals surface area contributed by atoms with Crippen LogP contribution in [-0.2, 0) is 11.4 Å². The molecule has 0 aromatic rings. The summed E-state index contributed by atoms with van der Waals surface area (Å²) in [6.45, 7) is 0. The second-order valence-corrected chi connectivity index (χ2v) is 0.612. The van der Waals surface area contributed by atoms with Gasteiger partial charge in [0.25, 0.3) is 0 Å². The summed E-state index contributed by atoms with van der Waals surface area (Å²) < 4.78 is 25.3. The van der Waals surface area contributed by atoms with Crippen LogP contribution in [0.25, 0.3) is 0 Å². The topological polar surface area (TPSA) is 63.2 Å². The Balaban J connectivity index is 0. The van der Waals surface area contributed by atoms with Crippen molar-refractivity contribution in [1.82, 2.24) is 0 Å². The molecule has 5 heteroatoms. The van der Waals surface area contributed by atoms with Gasteiger partial charge >= 0.3 is 0 Å². The van der Waals surface area contributed by atoms with Gasteiger partial charge in [0.05, 0.1) is 0 Å². The Morgan fingerprint density at radius 2 is 1.40 bits per heavy atom. The molecule has 0 unspecified atom stereocenters. The molecule has 28 valence electrons. The van der Waals surface area contributed by atoms with Crippen LogP contribution in [0.1, 0.15) is 0 Å². The first-order valence-corrected chi connectivity index (χ1v) is 1.50. The molecule has 0 spiro atoms. The van der Waals surface area contributed by atoms with Crippen molar-refractivity contribution in [3.63, 3.8) is 0 Å². The molecule has 0 saturated heterocycles. The standard InChI is InChI=1S/Ba.H2O3S/c;1-4(2)3/h;(H2,1,2,3)/p-2. The molecule has 0 aliphatic heterocycles. The molecule has 0 amide bonds. The van der Waals surface area contributed by atoms with Gasteiger partial charge in [-0.3, -0.25) is 4.21 Å². The van der Waals surface area contributed by atoms with Crippen LogP contribution in [0.4, 0.5) is 0 Å². The molecule has 0 rings (SSSR count). The molecule has 3 nitrogen and oxygen atoms in total. The average molecular weight is 217 g/mol. The maximum Gasteiger partial charge on any atom is 0 e. The molecule has 0 bridgehead atoms. The smallest absolute Gasteiger partial charge is 0 e. The Hall–Kier alpha value is 1.64. The zero-order chi connectivity index (χ0) is 3.58. The van der Waals surface area contributed by atoms with Crippen LogP contribution in [0.5, 0.6) is 0 Å². The van der Waals surface area contributed by atoms with Gasteiger partial charge in [-0.1, -0.05) is 0 Å². The van der Waals surface area contributed by atoms with Crippen molar-refractivity contribution < 1.29 is 13.3 Å². The monoisotopic (exact) mass is 218 g/mol. The summed E-state index contributed by atoms with van der Waals surface area (Å²) in [5.74, 6) is 0. The summed E-state index contributed by atoms with van der Waals surface area (Å²) in [5, 5.41) is 0. The van der Waals surface area contributed by atoms with Crippen molar-refractivity contribution in [2.24, 2.45) is 0 Å². The van der Waals surface area contributed by atoms with E-state index in [0.29, 0.717) is 0 Å². The fraction of sp³-hybridized carbons (Fsp3) is 0. The van der Waals surface area contributed by atoms with Gasteiger partial charge in [-0.2, -0.15) is 0 Å². The molecular formula is BaO3S-2. The number of hydrogen-bond donors (Lipinski definition) is 0. The van der Waals surface area contributed by atoms with Crippen LogP contribution in [0, 0.1) is 0 Å². The van der Waals surface area contributed by atoms with Crippen molar-refractivity contribution in [1.29, 1.82) is 0 Å². The van der Waals surface area contributed by atoms with E-state index in [4.69, 9.17) is 13.3 Å². The first-order valence-electron chi connectivity index (χ1n) is 0.500. The predicted octanol–water partition coefficient (Wildman–Crippen LogP) is -1.38. The molecular weight excluding hydrogens is 217 g/mol. The SMILES string of the molecule is O=S([O-])[O-].[Ba]. The van der Waals surface area contributed by atoms with Crippen molar-refractivity contribution in [2.45, 2.75) is 0 Å². The predicted molar refractivity (Wildman–Crippen MR) is 15.5 cm³/mol. The summed E-state index contributed by atoms with van der Waals surface area (Å²) in [7, 11) is 0. The molecule has 0 N–H and O–H groups in total. The van der Waals surface area contributed by atoms with E-state index in [0.717, 1.165) is 0 Å². The normalized spacial score (nSPS) is 7.00. The largest absolute Gasteiger partial charge is 0.784 e. The third-order valence-corrected chi connectivity index (χ3v) is 0. The number of hydrogen-bond acceptors (Lipinski definition) is 3. The minimum atomic E-state index is -3.11. The van der Waals surface area contributed by atoms with Crippen LogP contribution >= 0.6 is 0 Å². The molecule has 0 aliphatic rings. The molecule has 0 fully saturated rings. The van der Waals surface area contributed by atoms with Crippen LogP contribution in [-0.4, -0.2) is 62.2 Å². The molecule has 0 aromatic heterocycles. The fourth-order valence-electron chi connectivity index (χ4n) is 0. The van der Waals surface area contributed by atoms with Crippen molar-refractivity contribution in [3.05, 3.63) is 0 Å². The zero-order valence-corrected chi connectivity index (χ0v) is 7.60. The molecule has 0 saturated carbocycles. The Labute approximate surface area is 72.3 Å². The molecule has 0 atom stereocenters. The van der Waals surface area contributed by atoms with E-state index in [2.05, 4.69) is 0 Å². The van der Waals surface area contributed by atoms with Gasteiger partial charge in [-0.05, 0) is 0 Å². The second kappa shape index (κ2) is 5.64. The van der Waals surface area contributed by atoms with Gasteiger partial charge in [0, 0.05) is 48.9 Å². The van der Waals surface area contributed by atoms with Crippen LogP contribution in [0.2, 0.25) is 0 Å². The second-order valence-electron chi connectivity index (χ2n) is 0.204. The minimum absolute atomic E-state index is 0.